The molecule has 1 aromatic rings. The first kappa shape index (κ1) is 17.3. The number of halogens is 2. The van der Waals surface area contributed by atoms with E-state index < -0.39 is 11.6 Å². The van der Waals surface area contributed by atoms with Gasteiger partial charge in [0.15, 0.2) is 11.6 Å². The third-order valence-corrected chi connectivity index (χ3v) is 3.34. The van der Waals surface area contributed by atoms with Crippen molar-refractivity contribution in [2.24, 2.45) is 5.73 Å². The number of anilines is 1. The summed E-state index contributed by atoms with van der Waals surface area (Å²) < 4.78 is 27.5. The molecule has 7 heteroatoms. The number of amides is 1. The largest absolute Gasteiger partial charge is 0.389 e. The van der Waals surface area contributed by atoms with Gasteiger partial charge in [-0.2, -0.15) is 0 Å². The van der Waals surface area contributed by atoms with E-state index in [1.165, 1.54) is 12.1 Å². The topological polar surface area (TPSA) is 58.4 Å². The van der Waals surface area contributed by atoms with E-state index in [0.29, 0.717) is 13.1 Å². The van der Waals surface area contributed by atoms with Crippen LogP contribution in [0.15, 0.2) is 12.1 Å². The van der Waals surface area contributed by atoms with Gasteiger partial charge in [0.25, 0.3) is 0 Å². The summed E-state index contributed by atoms with van der Waals surface area (Å²) in [6.45, 7) is 5.25. The number of benzene rings is 1. The van der Waals surface area contributed by atoms with E-state index >= 15 is 0 Å². The van der Waals surface area contributed by atoms with Crippen LogP contribution in [-0.2, 0) is 4.79 Å². The highest BCUT2D eigenvalue weighted by Crippen LogP contribution is 2.20. The molecule has 0 aliphatic heterocycles. The van der Waals surface area contributed by atoms with Gasteiger partial charge in [0.1, 0.15) is 4.99 Å². The number of carbonyl (C=O) groups excluding carboxylic acids is 1. The van der Waals surface area contributed by atoms with Gasteiger partial charge >= 0.3 is 0 Å². The van der Waals surface area contributed by atoms with Crippen LogP contribution >= 0.6 is 12.2 Å². The third-order valence-electron chi connectivity index (χ3n) is 3.12. The molecule has 0 saturated carbocycles. The second-order valence-electron chi connectivity index (χ2n) is 4.40. The van der Waals surface area contributed by atoms with Crippen LogP contribution in [-0.4, -0.2) is 35.4 Å². The Hall–Kier alpha value is -1.76. The number of nitrogens with two attached hydrogens (primary N) is 1. The number of rotatable bonds is 7. The highest BCUT2D eigenvalue weighted by Gasteiger charge is 2.15. The van der Waals surface area contributed by atoms with Crippen LogP contribution in [0.2, 0.25) is 0 Å². The Morgan fingerprint density at radius 1 is 1.29 bits per heavy atom. The van der Waals surface area contributed by atoms with Crippen molar-refractivity contribution < 1.29 is 13.6 Å². The molecule has 1 amide bonds. The Kier molecular flexibility index (Phi) is 6.48. The molecule has 116 valence electrons. The maximum absolute atomic E-state index is 13.8. The normalized spacial score (nSPS) is 10.3. The molecule has 0 aliphatic carbocycles. The van der Waals surface area contributed by atoms with Crippen molar-refractivity contribution in [1.82, 2.24) is 4.90 Å². The summed E-state index contributed by atoms with van der Waals surface area (Å²) in [5.41, 5.74) is 5.15. The summed E-state index contributed by atoms with van der Waals surface area (Å²) in [7, 11) is 0. The predicted molar refractivity (Wildman–Crippen MR) is 83.3 cm³/mol. The van der Waals surface area contributed by atoms with Crippen LogP contribution in [0.1, 0.15) is 25.8 Å². The minimum absolute atomic E-state index is 0.0140. The standard InChI is InChI=1S/C14H19F2N3OS/c1-3-19(4-2)11(20)7-8-18-10-6-5-9(14(17)21)12(15)13(10)16/h5-6,18H,3-4,7-8H2,1-2H3,(H2,17,21). The zero-order chi connectivity index (χ0) is 16.0. The monoisotopic (exact) mass is 315 g/mol. The van der Waals surface area contributed by atoms with E-state index in [-0.39, 0.29) is 35.1 Å². The lowest BCUT2D eigenvalue weighted by Crippen LogP contribution is -2.31. The molecule has 0 radical (unpaired) electrons. The first-order chi connectivity index (χ1) is 9.92. The molecule has 3 N–H and O–H groups in total. The Balaban J connectivity index is 2.67. The molecule has 0 aromatic heterocycles. The molecule has 1 rings (SSSR count). The highest BCUT2D eigenvalue weighted by atomic mass is 32.1. The highest BCUT2D eigenvalue weighted by molar-refractivity contribution is 7.80. The van der Waals surface area contributed by atoms with Gasteiger partial charge in [-0.15, -0.1) is 0 Å². The number of hydrogen-bond donors (Lipinski definition) is 2. The molecule has 0 spiro atoms. The van der Waals surface area contributed by atoms with E-state index in [0.717, 1.165) is 0 Å². The van der Waals surface area contributed by atoms with Crippen LogP contribution in [0.25, 0.3) is 0 Å². The van der Waals surface area contributed by atoms with E-state index in [1.807, 2.05) is 13.8 Å². The van der Waals surface area contributed by atoms with Crippen LogP contribution in [0.3, 0.4) is 0 Å². The molecule has 0 unspecified atom stereocenters. The van der Waals surface area contributed by atoms with E-state index in [4.69, 9.17) is 5.73 Å². The molecule has 1 aromatic carbocycles. The lowest BCUT2D eigenvalue weighted by molar-refractivity contribution is -0.130. The molecule has 4 nitrogen and oxygen atoms in total. The molecule has 0 fully saturated rings. The number of hydrogen-bond acceptors (Lipinski definition) is 3. The average Bonchev–Trinajstić information content (AvgIpc) is 2.44. The molecule has 0 saturated heterocycles. The molecular weight excluding hydrogens is 296 g/mol. The van der Waals surface area contributed by atoms with Gasteiger partial charge in [0.05, 0.1) is 5.69 Å². The first-order valence-corrected chi connectivity index (χ1v) is 7.12. The Bertz CT molecular complexity index is 533. The molecule has 0 heterocycles. The third kappa shape index (κ3) is 4.35. The second-order valence-corrected chi connectivity index (χ2v) is 4.84. The molecular formula is C14H19F2N3OS. The van der Waals surface area contributed by atoms with Crippen molar-refractivity contribution in [3.8, 4) is 0 Å². The van der Waals surface area contributed by atoms with Crippen LogP contribution in [0.5, 0.6) is 0 Å². The number of nitrogens with one attached hydrogen (secondary N) is 1. The van der Waals surface area contributed by atoms with Gasteiger partial charge in [-0.1, -0.05) is 12.2 Å². The van der Waals surface area contributed by atoms with E-state index in [1.54, 1.807) is 4.90 Å². The lowest BCUT2D eigenvalue weighted by Gasteiger charge is -2.18. The maximum atomic E-state index is 13.8. The maximum Gasteiger partial charge on any atom is 0.224 e. The van der Waals surface area contributed by atoms with Gasteiger partial charge in [0.2, 0.25) is 5.91 Å². The Labute approximate surface area is 128 Å². The van der Waals surface area contributed by atoms with Crippen molar-refractivity contribution in [2.45, 2.75) is 20.3 Å². The number of thiocarbonyl (C=S) groups is 1. The fourth-order valence-electron chi connectivity index (χ4n) is 1.91. The smallest absolute Gasteiger partial charge is 0.224 e. The fourth-order valence-corrected chi connectivity index (χ4v) is 2.07. The molecule has 0 atom stereocenters. The summed E-state index contributed by atoms with van der Waals surface area (Å²) in [6, 6.07) is 2.67. The predicted octanol–water partition coefficient (Wildman–Crippen LogP) is 2.27. The van der Waals surface area contributed by atoms with Gasteiger partial charge in [0, 0.05) is 31.6 Å². The zero-order valence-electron chi connectivity index (χ0n) is 12.1. The average molecular weight is 315 g/mol. The summed E-state index contributed by atoms with van der Waals surface area (Å²) in [5, 5.41) is 2.71. The van der Waals surface area contributed by atoms with Crippen LogP contribution < -0.4 is 11.1 Å². The molecule has 0 bridgehead atoms. The zero-order valence-corrected chi connectivity index (χ0v) is 12.9. The summed E-state index contributed by atoms with van der Waals surface area (Å²) >= 11 is 4.63. The SMILES string of the molecule is CCN(CC)C(=O)CCNc1ccc(C(N)=S)c(F)c1F. The van der Waals surface area contributed by atoms with Gasteiger partial charge in [-0.3, -0.25) is 4.79 Å². The van der Waals surface area contributed by atoms with Crippen LogP contribution in [0.4, 0.5) is 14.5 Å². The van der Waals surface area contributed by atoms with Gasteiger partial charge in [-0.25, -0.2) is 8.78 Å². The quantitative estimate of drug-likeness (QED) is 0.758. The summed E-state index contributed by atoms with van der Waals surface area (Å²) in [5.74, 6) is -2.16. The van der Waals surface area contributed by atoms with E-state index in [2.05, 4.69) is 17.5 Å². The first-order valence-electron chi connectivity index (χ1n) is 6.71. The number of carbonyl (C=O) groups is 1. The van der Waals surface area contributed by atoms with E-state index in [9.17, 15) is 13.6 Å². The minimum atomic E-state index is -1.08. The minimum Gasteiger partial charge on any atom is -0.389 e. The van der Waals surface area contributed by atoms with Crippen molar-refractivity contribution in [3.63, 3.8) is 0 Å². The van der Waals surface area contributed by atoms with Crippen molar-refractivity contribution in [1.29, 1.82) is 0 Å². The van der Waals surface area contributed by atoms with Crippen molar-refractivity contribution in [3.05, 3.63) is 29.3 Å². The van der Waals surface area contributed by atoms with Crippen molar-refractivity contribution in [2.75, 3.05) is 25.0 Å². The summed E-state index contributed by atoms with van der Waals surface area (Å²) in [4.78, 5) is 13.3. The molecule has 21 heavy (non-hydrogen) atoms. The fraction of sp³-hybridized carbons (Fsp3) is 0.429. The Morgan fingerprint density at radius 2 is 1.90 bits per heavy atom. The van der Waals surface area contributed by atoms with Gasteiger partial charge in [-0.05, 0) is 26.0 Å². The van der Waals surface area contributed by atoms with Gasteiger partial charge < -0.3 is 16.0 Å². The second kappa shape index (κ2) is 7.87. The van der Waals surface area contributed by atoms with Crippen LogP contribution in [0, 0.1) is 11.6 Å². The van der Waals surface area contributed by atoms with Crippen molar-refractivity contribution >= 4 is 28.8 Å². The molecule has 0 aliphatic rings. The number of nitrogens with zero attached hydrogens (tertiary/aromatic N) is 1. The summed E-state index contributed by atoms with van der Waals surface area (Å²) in [6.07, 6.45) is 0.208. The lowest BCUT2D eigenvalue weighted by atomic mass is 10.1. The Morgan fingerprint density at radius 3 is 2.43 bits per heavy atom.